The molecule has 0 unspecified atom stereocenters. The SMILES string of the molecule is CC(C)(C)OC(=O)CCN1CC[C@H](O)C1. The van der Waals surface area contributed by atoms with Gasteiger partial charge in [0.15, 0.2) is 0 Å². The third-order valence-corrected chi connectivity index (χ3v) is 2.30. The molecule has 0 bridgehead atoms. The van der Waals surface area contributed by atoms with Gasteiger partial charge in [0, 0.05) is 19.6 Å². The molecule has 0 aromatic carbocycles. The number of rotatable bonds is 3. The van der Waals surface area contributed by atoms with Gasteiger partial charge in [0.2, 0.25) is 0 Å². The third-order valence-electron chi connectivity index (χ3n) is 2.30. The molecule has 0 spiro atoms. The van der Waals surface area contributed by atoms with Gasteiger partial charge in [-0.25, -0.2) is 0 Å². The Kier molecular flexibility index (Phi) is 4.11. The average Bonchev–Trinajstić information content (AvgIpc) is 2.45. The zero-order valence-corrected chi connectivity index (χ0v) is 9.82. The number of carbonyl (C=O) groups excluding carboxylic acids is 1. The van der Waals surface area contributed by atoms with Crippen molar-refractivity contribution in [2.45, 2.75) is 45.3 Å². The summed E-state index contributed by atoms with van der Waals surface area (Å²) in [5.74, 6) is -0.163. The van der Waals surface area contributed by atoms with E-state index in [1.54, 1.807) is 0 Å². The molecule has 4 nitrogen and oxygen atoms in total. The molecule has 1 heterocycles. The van der Waals surface area contributed by atoms with E-state index in [4.69, 9.17) is 4.74 Å². The maximum atomic E-state index is 11.4. The Morgan fingerprint density at radius 2 is 2.20 bits per heavy atom. The summed E-state index contributed by atoms with van der Waals surface area (Å²) in [6.07, 6.45) is 1.00. The highest BCUT2D eigenvalue weighted by Crippen LogP contribution is 2.11. The van der Waals surface area contributed by atoms with Crippen LogP contribution in [-0.2, 0) is 9.53 Å². The third kappa shape index (κ3) is 5.14. The van der Waals surface area contributed by atoms with Gasteiger partial charge in [-0.2, -0.15) is 0 Å². The molecule has 0 aromatic heterocycles. The zero-order chi connectivity index (χ0) is 11.5. The summed E-state index contributed by atoms with van der Waals surface area (Å²) in [5.41, 5.74) is -0.401. The van der Waals surface area contributed by atoms with E-state index in [0.717, 1.165) is 13.0 Å². The molecule has 1 N–H and O–H groups in total. The summed E-state index contributed by atoms with van der Waals surface area (Å²) in [6.45, 7) is 7.85. The average molecular weight is 215 g/mol. The fourth-order valence-corrected chi connectivity index (χ4v) is 1.66. The van der Waals surface area contributed by atoms with E-state index >= 15 is 0 Å². The van der Waals surface area contributed by atoms with Gasteiger partial charge in [0.1, 0.15) is 5.60 Å². The maximum Gasteiger partial charge on any atom is 0.307 e. The van der Waals surface area contributed by atoms with Gasteiger partial charge in [-0.1, -0.05) is 0 Å². The molecule has 1 rings (SSSR count). The minimum atomic E-state index is -0.401. The lowest BCUT2D eigenvalue weighted by Crippen LogP contribution is -2.29. The number of nitrogens with zero attached hydrogens (tertiary/aromatic N) is 1. The number of likely N-dealkylation sites (tertiary alicyclic amines) is 1. The maximum absolute atomic E-state index is 11.4. The highest BCUT2D eigenvalue weighted by Gasteiger charge is 2.22. The molecule has 1 fully saturated rings. The Hall–Kier alpha value is -0.610. The number of β-amino-alcohol motifs (C(OH)–C–C–N with tert-alkyl or cyclic N) is 1. The van der Waals surface area contributed by atoms with E-state index in [1.807, 2.05) is 20.8 Å². The summed E-state index contributed by atoms with van der Waals surface area (Å²) in [6, 6.07) is 0. The van der Waals surface area contributed by atoms with E-state index in [-0.39, 0.29) is 12.1 Å². The first kappa shape index (κ1) is 12.5. The number of carbonyl (C=O) groups is 1. The molecule has 1 aliphatic rings. The molecular weight excluding hydrogens is 194 g/mol. The number of esters is 1. The monoisotopic (exact) mass is 215 g/mol. The molecular formula is C11H21NO3. The fourth-order valence-electron chi connectivity index (χ4n) is 1.66. The van der Waals surface area contributed by atoms with Crippen LogP contribution in [0.3, 0.4) is 0 Å². The van der Waals surface area contributed by atoms with Gasteiger partial charge in [-0.15, -0.1) is 0 Å². The van der Waals surface area contributed by atoms with Gasteiger partial charge in [-0.05, 0) is 27.2 Å². The Labute approximate surface area is 91.2 Å². The highest BCUT2D eigenvalue weighted by molar-refractivity contribution is 5.70. The van der Waals surface area contributed by atoms with Gasteiger partial charge in [-0.3, -0.25) is 4.79 Å². The zero-order valence-electron chi connectivity index (χ0n) is 9.82. The normalized spacial score (nSPS) is 23.1. The molecule has 0 aliphatic carbocycles. The Morgan fingerprint density at radius 1 is 1.53 bits per heavy atom. The smallest absolute Gasteiger partial charge is 0.307 e. The molecule has 0 radical (unpaired) electrons. The van der Waals surface area contributed by atoms with Gasteiger partial charge in [0.05, 0.1) is 12.5 Å². The van der Waals surface area contributed by atoms with Crippen molar-refractivity contribution in [3.63, 3.8) is 0 Å². The molecule has 1 aliphatic heterocycles. The van der Waals surface area contributed by atoms with Crippen molar-refractivity contribution in [2.24, 2.45) is 0 Å². The predicted molar refractivity (Wildman–Crippen MR) is 57.5 cm³/mol. The summed E-state index contributed by atoms with van der Waals surface area (Å²) in [4.78, 5) is 13.5. The minimum absolute atomic E-state index is 0.163. The standard InChI is InChI=1S/C11H21NO3/c1-11(2,3)15-10(14)5-7-12-6-4-9(13)8-12/h9,13H,4-8H2,1-3H3/t9-/m0/s1. The predicted octanol–water partition coefficient (Wildman–Crippen LogP) is 0.785. The van der Waals surface area contributed by atoms with Crippen LogP contribution in [0.25, 0.3) is 0 Å². The van der Waals surface area contributed by atoms with Gasteiger partial charge in [0.25, 0.3) is 0 Å². The van der Waals surface area contributed by atoms with Crippen LogP contribution in [0, 0.1) is 0 Å². The number of ether oxygens (including phenoxy) is 1. The van der Waals surface area contributed by atoms with Crippen molar-refractivity contribution in [3.05, 3.63) is 0 Å². The van der Waals surface area contributed by atoms with Crippen LogP contribution in [0.1, 0.15) is 33.6 Å². The molecule has 0 aromatic rings. The molecule has 0 amide bonds. The lowest BCUT2D eigenvalue weighted by atomic mass is 10.2. The number of hydrogen-bond donors (Lipinski definition) is 1. The van der Waals surface area contributed by atoms with Gasteiger partial charge >= 0.3 is 5.97 Å². The van der Waals surface area contributed by atoms with Crippen LogP contribution in [0.5, 0.6) is 0 Å². The summed E-state index contributed by atoms with van der Waals surface area (Å²) in [7, 11) is 0. The quantitative estimate of drug-likeness (QED) is 0.707. The van der Waals surface area contributed by atoms with Crippen LogP contribution in [0.2, 0.25) is 0 Å². The largest absolute Gasteiger partial charge is 0.460 e. The van der Waals surface area contributed by atoms with E-state index in [2.05, 4.69) is 4.90 Å². The van der Waals surface area contributed by atoms with Crippen molar-refractivity contribution in [2.75, 3.05) is 19.6 Å². The second-order valence-electron chi connectivity index (χ2n) is 5.08. The molecule has 0 saturated carbocycles. The van der Waals surface area contributed by atoms with Crippen LogP contribution >= 0.6 is 0 Å². The second kappa shape index (κ2) is 4.94. The van der Waals surface area contributed by atoms with Crippen LogP contribution in [0.15, 0.2) is 0 Å². The van der Waals surface area contributed by atoms with Crippen LogP contribution in [0.4, 0.5) is 0 Å². The fraction of sp³-hybridized carbons (Fsp3) is 0.909. The van der Waals surface area contributed by atoms with Crippen molar-refractivity contribution in [1.82, 2.24) is 4.90 Å². The summed E-state index contributed by atoms with van der Waals surface area (Å²) < 4.78 is 5.20. The topological polar surface area (TPSA) is 49.8 Å². The molecule has 15 heavy (non-hydrogen) atoms. The van der Waals surface area contributed by atoms with Crippen LogP contribution < -0.4 is 0 Å². The van der Waals surface area contributed by atoms with Crippen molar-refractivity contribution >= 4 is 5.97 Å². The lowest BCUT2D eigenvalue weighted by molar-refractivity contribution is -0.155. The lowest BCUT2D eigenvalue weighted by Gasteiger charge is -2.20. The molecule has 4 heteroatoms. The number of aliphatic hydroxyl groups excluding tert-OH is 1. The van der Waals surface area contributed by atoms with Crippen molar-refractivity contribution < 1.29 is 14.6 Å². The summed E-state index contributed by atoms with van der Waals surface area (Å²) >= 11 is 0. The first-order valence-corrected chi connectivity index (χ1v) is 5.49. The molecule has 88 valence electrons. The van der Waals surface area contributed by atoms with Crippen LogP contribution in [-0.4, -0.2) is 47.3 Å². The molecule has 1 saturated heterocycles. The van der Waals surface area contributed by atoms with E-state index in [1.165, 1.54) is 0 Å². The summed E-state index contributed by atoms with van der Waals surface area (Å²) in [5, 5.41) is 9.29. The first-order valence-electron chi connectivity index (χ1n) is 5.49. The van der Waals surface area contributed by atoms with Crippen molar-refractivity contribution in [1.29, 1.82) is 0 Å². The highest BCUT2D eigenvalue weighted by atomic mass is 16.6. The minimum Gasteiger partial charge on any atom is -0.460 e. The Balaban J connectivity index is 2.17. The molecule has 1 atom stereocenters. The first-order chi connectivity index (χ1) is 6.87. The Bertz CT molecular complexity index is 222. The second-order valence-corrected chi connectivity index (χ2v) is 5.08. The number of hydrogen-bond acceptors (Lipinski definition) is 4. The Morgan fingerprint density at radius 3 is 2.67 bits per heavy atom. The van der Waals surface area contributed by atoms with Gasteiger partial charge < -0.3 is 14.7 Å². The van der Waals surface area contributed by atoms with E-state index in [0.29, 0.717) is 19.5 Å². The van der Waals surface area contributed by atoms with Crippen molar-refractivity contribution in [3.8, 4) is 0 Å². The number of aliphatic hydroxyl groups is 1. The van der Waals surface area contributed by atoms with E-state index in [9.17, 15) is 9.90 Å². The van der Waals surface area contributed by atoms with E-state index < -0.39 is 5.60 Å².